The monoisotopic (exact) mass is 460 g/mol. The van der Waals surface area contributed by atoms with Crippen molar-refractivity contribution in [2.45, 2.75) is 49.3 Å². The van der Waals surface area contributed by atoms with Gasteiger partial charge >= 0.3 is 0 Å². The molecule has 10 heteroatoms. The molecule has 1 aromatic carbocycles. The van der Waals surface area contributed by atoms with Gasteiger partial charge in [-0.05, 0) is 55.7 Å². The third-order valence-corrected chi connectivity index (χ3v) is 6.57. The molecular formula is C21H24N4O4S2. The molecule has 2 aromatic rings. The number of nitrogens with one attached hydrogen (secondary N) is 2. The predicted molar refractivity (Wildman–Crippen MR) is 119 cm³/mol. The van der Waals surface area contributed by atoms with E-state index in [1.54, 1.807) is 13.0 Å². The fraction of sp³-hybridized carbons (Fsp3) is 0.333. The van der Waals surface area contributed by atoms with Gasteiger partial charge in [-0.15, -0.1) is 0 Å². The number of carbonyl (C=O) groups excluding carboxylic acids is 2. The van der Waals surface area contributed by atoms with Gasteiger partial charge in [-0.3, -0.25) is 9.59 Å². The number of carbonyl (C=O) groups is 2. The molecule has 0 saturated heterocycles. The van der Waals surface area contributed by atoms with Crippen LogP contribution in [0.15, 0.2) is 46.3 Å². The number of hydrogen-bond donors (Lipinski definition) is 2. The maximum atomic E-state index is 12.6. The van der Waals surface area contributed by atoms with E-state index < -0.39 is 21.2 Å². The largest absolute Gasteiger partial charge is 0.325 e. The zero-order chi connectivity index (χ0) is 23.2. The number of rotatable bonds is 8. The number of thioether (sulfide) groups is 1. The van der Waals surface area contributed by atoms with Crippen molar-refractivity contribution in [2.24, 2.45) is 5.92 Å². The molecule has 0 spiro atoms. The molecule has 0 aliphatic rings. The van der Waals surface area contributed by atoms with E-state index in [1.165, 1.54) is 36.0 Å². The van der Waals surface area contributed by atoms with Gasteiger partial charge in [0.1, 0.15) is 11.1 Å². The second kappa shape index (κ2) is 10.4. The number of nitriles is 1. The van der Waals surface area contributed by atoms with Crippen LogP contribution >= 0.6 is 11.8 Å². The first kappa shape index (κ1) is 24.4. The minimum atomic E-state index is -3.94. The molecular weight excluding hydrogens is 436 g/mol. The number of benzene rings is 1. The van der Waals surface area contributed by atoms with Gasteiger partial charge in [-0.2, -0.15) is 5.26 Å². The molecule has 1 atom stereocenters. The molecule has 164 valence electrons. The van der Waals surface area contributed by atoms with Gasteiger partial charge in [0.05, 0.1) is 15.7 Å². The second-order valence-corrected chi connectivity index (χ2v) is 10.3. The van der Waals surface area contributed by atoms with Crippen molar-refractivity contribution in [2.75, 3.05) is 5.32 Å². The van der Waals surface area contributed by atoms with Crippen molar-refractivity contribution in [1.82, 2.24) is 9.71 Å². The maximum Gasteiger partial charge on any atom is 0.264 e. The summed E-state index contributed by atoms with van der Waals surface area (Å²) >= 11 is 1.19. The maximum absolute atomic E-state index is 12.6. The molecule has 2 amide bonds. The van der Waals surface area contributed by atoms with Crippen LogP contribution in [0.4, 0.5) is 5.69 Å². The van der Waals surface area contributed by atoms with E-state index in [9.17, 15) is 23.3 Å². The molecule has 2 N–H and O–H groups in total. The third kappa shape index (κ3) is 7.08. The summed E-state index contributed by atoms with van der Waals surface area (Å²) in [6, 6.07) is 11.1. The summed E-state index contributed by atoms with van der Waals surface area (Å²) in [5.41, 5.74) is 1.67. The van der Waals surface area contributed by atoms with Crippen LogP contribution in [0.3, 0.4) is 0 Å². The molecule has 8 nitrogen and oxygen atoms in total. The first-order valence-corrected chi connectivity index (χ1v) is 11.9. The van der Waals surface area contributed by atoms with Crippen molar-refractivity contribution < 1.29 is 18.0 Å². The second-order valence-electron chi connectivity index (χ2n) is 7.30. The van der Waals surface area contributed by atoms with Crippen LogP contribution in [0, 0.1) is 17.2 Å². The molecule has 2 rings (SSSR count). The topological polar surface area (TPSA) is 129 Å². The standard InChI is InChI=1S/C21H24N4O4S2/c1-13(2)11-18-6-5-16(12-22)21(24-18)30-14(3)20(27)23-17-7-9-19(10-8-17)31(28,29)25-15(4)26/h5-10,13-14H,11H2,1-4H3,(H,23,27)(H,25,26). The Morgan fingerprint density at radius 1 is 1.13 bits per heavy atom. The lowest BCUT2D eigenvalue weighted by Gasteiger charge is -2.14. The summed E-state index contributed by atoms with van der Waals surface area (Å²) in [5, 5.41) is 12.0. The van der Waals surface area contributed by atoms with Gasteiger partial charge in [0, 0.05) is 18.3 Å². The van der Waals surface area contributed by atoms with Crippen molar-refractivity contribution in [3.63, 3.8) is 0 Å². The van der Waals surface area contributed by atoms with Crippen molar-refractivity contribution >= 4 is 39.3 Å². The van der Waals surface area contributed by atoms with Crippen LogP contribution in [0.2, 0.25) is 0 Å². The van der Waals surface area contributed by atoms with E-state index in [2.05, 4.69) is 30.2 Å². The Morgan fingerprint density at radius 3 is 2.32 bits per heavy atom. The lowest BCUT2D eigenvalue weighted by Crippen LogP contribution is -2.28. The number of aromatic nitrogens is 1. The predicted octanol–water partition coefficient (Wildman–Crippen LogP) is 3.10. The Morgan fingerprint density at radius 2 is 1.77 bits per heavy atom. The number of sulfonamides is 1. The van der Waals surface area contributed by atoms with Gasteiger partial charge in [-0.25, -0.2) is 18.1 Å². The summed E-state index contributed by atoms with van der Waals surface area (Å²) in [6.07, 6.45) is 0.771. The van der Waals surface area contributed by atoms with Gasteiger partial charge < -0.3 is 5.32 Å². The Labute approximate surface area is 186 Å². The van der Waals surface area contributed by atoms with Crippen LogP contribution in [0.5, 0.6) is 0 Å². The van der Waals surface area contributed by atoms with Gasteiger partial charge in [0.15, 0.2) is 0 Å². The lowest BCUT2D eigenvalue weighted by atomic mass is 10.1. The van der Waals surface area contributed by atoms with E-state index in [0.29, 0.717) is 22.2 Å². The fourth-order valence-corrected chi connectivity index (χ4v) is 4.52. The Kier molecular flexibility index (Phi) is 8.19. The molecule has 0 fully saturated rings. The van der Waals surface area contributed by atoms with Gasteiger partial charge in [0.25, 0.3) is 10.0 Å². The number of pyridine rings is 1. The summed E-state index contributed by atoms with van der Waals surface area (Å²) in [5.74, 6) is -0.593. The third-order valence-electron chi connectivity index (χ3n) is 4.02. The highest BCUT2D eigenvalue weighted by molar-refractivity contribution is 8.00. The molecule has 0 saturated carbocycles. The number of amides is 2. The molecule has 1 aromatic heterocycles. The summed E-state index contributed by atoms with van der Waals surface area (Å²) < 4.78 is 25.9. The Bertz CT molecular complexity index is 1110. The minimum Gasteiger partial charge on any atom is -0.325 e. The highest BCUT2D eigenvalue weighted by Crippen LogP contribution is 2.27. The van der Waals surface area contributed by atoms with Crippen LogP contribution < -0.4 is 10.0 Å². The summed E-state index contributed by atoms with van der Waals surface area (Å²) in [7, 11) is -3.94. The van der Waals surface area contributed by atoms with Crippen LogP contribution in [-0.2, 0) is 26.0 Å². The molecule has 31 heavy (non-hydrogen) atoms. The van der Waals surface area contributed by atoms with Gasteiger partial charge in [-0.1, -0.05) is 25.6 Å². The van der Waals surface area contributed by atoms with Crippen LogP contribution in [0.25, 0.3) is 0 Å². The first-order chi connectivity index (χ1) is 14.5. The highest BCUT2D eigenvalue weighted by atomic mass is 32.2. The zero-order valence-corrected chi connectivity index (χ0v) is 19.3. The molecule has 0 bridgehead atoms. The van der Waals surface area contributed by atoms with E-state index in [0.717, 1.165) is 19.0 Å². The average Bonchev–Trinajstić information content (AvgIpc) is 2.67. The summed E-state index contributed by atoms with van der Waals surface area (Å²) in [4.78, 5) is 28.0. The minimum absolute atomic E-state index is 0.0899. The Hall–Kier alpha value is -2.90. The summed E-state index contributed by atoms with van der Waals surface area (Å²) in [6.45, 7) is 6.97. The normalized spacial score (nSPS) is 12.1. The smallest absolute Gasteiger partial charge is 0.264 e. The van der Waals surface area contributed by atoms with E-state index >= 15 is 0 Å². The number of anilines is 1. The molecule has 0 aliphatic carbocycles. The SMILES string of the molecule is CC(=O)NS(=O)(=O)c1ccc(NC(=O)C(C)Sc2nc(CC(C)C)ccc2C#N)cc1. The molecule has 0 radical (unpaired) electrons. The molecule has 1 unspecified atom stereocenters. The fourth-order valence-electron chi connectivity index (χ4n) is 2.62. The van der Waals surface area contributed by atoms with E-state index in [-0.39, 0.29) is 10.8 Å². The number of hydrogen-bond acceptors (Lipinski definition) is 7. The van der Waals surface area contributed by atoms with Crippen molar-refractivity contribution in [1.29, 1.82) is 5.26 Å². The highest BCUT2D eigenvalue weighted by Gasteiger charge is 2.19. The quantitative estimate of drug-likeness (QED) is 0.579. The lowest BCUT2D eigenvalue weighted by molar-refractivity contribution is -0.117. The zero-order valence-electron chi connectivity index (χ0n) is 17.7. The van der Waals surface area contributed by atoms with Crippen LogP contribution in [0.1, 0.15) is 39.0 Å². The average molecular weight is 461 g/mol. The van der Waals surface area contributed by atoms with E-state index in [4.69, 9.17) is 0 Å². The van der Waals surface area contributed by atoms with Gasteiger partial charge in [0.2, 0.25) is 11.8 Å². The first-order valence-electron chi connectivity index (χ1n) is 9.53. The molecule has 1 heterocycles. The number of nitrogens with zero attached hydrogens (tertiary/aromatic N) is 2. The van der Waals surface area contributed by atoms with Crippen molar-refractivity contribution in [3.8, 4) is 6.07 Å². The molecule has 0 aliphatic heterocycles. The van der Waals surface area contributed by atoms with E-state index in [1.807, 2.05) is 10.8 Å². The van der Waals surface area contributed by atoms with Crippen molar-refractivity contribution in [3.05, 3.63) is 47.7 Å². The Balaban J connectivity index is 2.09. The van der Waals surface area contributed by atoms with Crippen LogP contribution in [-0.4, -0.2) is 30.5 Å².